The van der Waals surface area contributed by atoms with Crippen LogP contribution in [-0.4, -0.2) is 9.36 Å². The number of anilines is 1. The molecule has 96 valence electrons. The van der Waals surface area contributed by atoms with Crippen molar-refractivity contribution in [3.05, 3.63) is 58.9 Å². The number of rotatable bonds is 2. The van der Waals surface area contributed by atoms with Crippen molar-refractivity contribution >= 4 is 16.6 Å². The monoisotopic (exact) mass is 253 g/mol. The zero-order valence-electron chi connectivity index (χ0n) is 10.7. The second-order valence-electron chi connectivity index (χ2n) is 4.43. The summed E-state index contributed by atoms with van der Waals surface area (Å²) in [6.45, 7) is 2.62. The molecule has 0 aliphatic heterocycles. The maximum Gasteiger partial charge on any atom is 0.273 e. The van der Waals surface area contributed by atoms with Crippen LogP contribution in [0.15, 0.2) is 53.3 Å². The van der Waals surface area contributed by atoms with Gasteiger partial charge in [-0.15, -0.1) is 0 Å². The highest BCUT2D eigenvalue weighted by atomic mass is 16.1. The van der Waals surface area contributed by atoms with E-state index in [1.807, 2.05) is 49.4 Å². The summed E-state index contributed by atoms with van der Waals surface area (Å²) in [7, 11) is 0. The van der Waals surface area contributed by atoms with Gasteiger partial charge in [0.2, 0.25) is 0 Å². The van der Waals surface area contributed by atoms with E-state index in [9.17, 15) is 4.79 Å². The molecule has 3 aromatic rings. The summed E-state index contributed by atoms with van der Waals surface area (Å²) in [5.41, 5.74) is 6.64. The van der Waals surface area contributed by atoms with Crippen LogP contribution in [0.4, 0.5) is 5.82 Å². The maximum atomic E-state index is 12.1. The Bertz CT molecular complexity index is 793. The molecule has 4 nitrogen and oxygen atoms in total. The average molecular weight is 253 g/mol. The van der Waals surface area contributed by atoms with Crippen LogP contribution < -0.4 is 11.3 Å². The lowest BCUT2D eigenvalue weighted by atomic mass is 10.1. The van der Waals surface area contributed by atoms with Gasteiger partial charge >= 0.3 is 0 Å². The lowest BCUT2D eigenvalue weighted by molar-refractivity contribution is 0.584. The Labute approximate surface area is 110 Å². The van der Waals surface area contributed by atoms with Gasteiger partial charge in [-0.1, -0.05) is 36.4 Å². The van der Waals surface area contributed by atoms with Crippen LogP contribution in [0, 0.1) is 0 Å². The van der Waals surface area contributed by atoms with Gasteiger partial charge in [0.15, 0.2) is 0 Å². The van der Waals surface area contributed by atoms with Crippen LogP contribution in [0.1, 0.15) is 6.92 Å². The first kappa shape index (κ1) is 11.6. The Hall–Kier alpha value is -2.49. The highest BCUT2D eigenvalue weighted by Crippen LogP contribution is 2.21. The van der Waals surface area contributed by atoms with Crippen molar-refractivity contribution in [2.24, 2.45) is 0 Å². The van der Waals surface area contributed by atoms with Gasteiger partial charge in [0.1, 0.15) is 5.82 Å². The topological polar surface area (TPSA) is 52.9 Å². The zero-order chi connectivity index (χ0) is 13.4. The van der Waals surface area contributed by atoms with Crippen molar-refractivity contribution in [3.8, 4) is 5.69 Å². The molecule has 0 atom stereocenters. The molecule has 19 heavy (non-hydrogen) atoms. The third-order valence-electron chi connectivity index (χ3n) is 3.31. The molecule has 3 rings (SSSR count). The number of aromatic nitrogens is 2. The Kier molecular flexibility index (Phi) is 2.63. The van der Waals surface area contributed by atoms with E-state index < -0.39 is 0 Å². The number of fused-ring (bicyclic) bond motifs is 1. The summed E-state index contributed by atoms with van der Waals surface area (Å²) in [5, 5.41) is 2.15. The molecule has 1 heterocycles. The fourth-order valence-electron chi connectivity index (χ4n) is 2.46. The van der Waals surface area contributed by atoms with Crippen LogP contribution in [0.5, 0.6) is 0 Å². The number of hydrogen-bond donors (Lipinski definition) is 1. The van der Waals surface area contributed by atoms with Crippen LogP contribution in [0.3, 0.4) is 0 Å². The predicted molar refractivity (Wildman–Crippen MR) is 77.6 cm³/mol. The molecular weight excluding hydrogens is 238 g/mol. The van der Waals surface area contributed by atoms with Gasteiger partial charge in [-0.05, 0) is 18.4 Å². The molecule has 0 amide bonds. The lowest BCUT2D eigenvalue weighted by Gasteiger charge is -2.13. The average Bonchev–Trinajstić information content (AvgIpc) is 2.72. The molecule has 2 aromatic carbocycles. The molecule has 2 N–H and O–H groups in total. The molecule has 4 heteroatoms. The van der Waals surface area contributed by atoms with Gasteiger partial charge in [-0.3, -0.25) is 9.48 Å². The first-order valence-electron chi connectivity index (χ1n) is 6.29. The molecule has 1 aromatic heterocycles. The molecule has 0 aliphatic carbocycles. The van der Waals surface area contributed by atoms with Crippen LogP contribution in [0.25, 0.3) is 16.5 Å². The lowest BCUT2D eigenvalue weighted by Crippen LogP contribution is -2.21. The van der Waals surface area contributed by atoms with Crippen molar-refractivity contribution < 1.29 is 0 Å². The Morgan fingerprint density at radius 3 is 2.63 bits per heavy atom. The van der Waals surface area contributed by atoms with E-state index >= 15 is 0 Å². The van der Waals surface area contributed by atoms with Crippen molar-refractivity contribution in [1.82, 2.24) is 9.36 Å². The van der Waals surface area contributed by atoms with E-state index in [1.54, 1.807) is 9.36 Å². The van der Waals surface area contributed by atoms with E-state index in [2.05, 4.69) is 0 Å². The fourth-order valence-corrected chi connectivity index (χ4v) is 2.46. The molecule has 0 unspecified atom stereocenters. The van der Waals surface area contributed by atoms with Crippen molar-refractivity contribution in [1.29, 1.82) is 0 Å². The maximum absolute atomic E-state index is 12.1. The van der Waals surface area contributed by atoms with Gasteiger partial charge in [-0.2, -0.15) is 0 Å². The third-order valence-corrected chi connectivity index (χ3v) is 3.31. The standard InChI is InChI=1S/C15H15N3O/c1-2-17-14(16)10-15(19)18(17)13-9-5-7-11-6-3-4-8-12(11)13/h3-10H,2,16H2,1H3. The van der Waals surface area contributed by atoms with Gasteiger partial charge in [0.05, 0.1) is 5.69 Å². The number of benzene rings is 2. The van der Waals surface area contributed by atoms with Crippen LogP contribution >= 0.6 is 0 Å². The molecule has 0 fully saturated rings. The minimum absolute atomic E-state index is 0.101. The van der Waals surface area contributed by atoms with E-state index in [1.165, 1.54) is 6.07 Å². The van der Waals surface area contributed by atoms with Gasteiger partial charge in [-0.25, -0.2) is 4.68 Å². The Balaban J connectivity index is 2.40. The summed E-state index contributed by atoms with van der Waals surface area (Å²) in [6.07, 6.45) is 0. The first-order valence-corrected chi connectivity index (χ1v) is 6.29. The van der Waals surface area contributed by atoms with E-state index in [0.717, 1.165) is 16.5 Å². The first-order chi connectivity index (χ1) is 9.22. The van der Waals surface area contributed by atoms with Gasteiger partial charge in [0, 0.05) is 18.0 Å². The highest BCUT2D eigenvalue weighted by molar-refractivity contribution is 5.90. The number of nitrogen functional groups attached to an aromatic ring is 1. The molecule has 0 saturated carbocycles. The second kappa shape index (κ2) is 4.31. The van der Waals surface area contributed by atoms with E-state index in [0.29, 0.717) is 12.4 Å². The summed E-state index contributed by atoms with van der Waals surface area (Å²) in [6, 6.07) is 15.4. The van der Waals surface area contributed by atoms with Crippen molar-refractivity contribution in [3.63, 3.8) is 0 Å². The summed E-state index contributed by atoms with van der Waals surface area (Å²) in [5.74, 6) is 0.487. The second-order valence-corrected chi connectivity index (χ2v) is 4.43. The SMILES string of the molecule is CCn1c(N)cc(=O)n1-c1cccc2ccccc12. The smallest absolute Gasteiger partial charge is 0.273 e. The summed E-state index contributed by atoms with van der Waals surface area (Å²) in [4.78, 5) is 12.1. The van der Waals surface area contributed by atoms with Crippen LogP contribution in [-0.2, 0) is 6.54 Å². The predicted octanol–water partition coefficient (Wildman–Crippen LogP) is 2.39. The minimum Gasteiger partial charge on any atom is -0.384 e. The van der Waals surface area contributed by atoms with Crippen molar-refractivity contribution in [2.75, 3.05) is 5.73 Å². The summed E-state index contributed by atoms with van der Waals surface area (Å²) >= 11 is 0. The summed E-state index contributed by atoms with van der Waals surface area (Å²) < 4.78 is 3.42. The number of hydrogen-bond acceptors (Lipinski definition) is 2. The van der Waals surface area contributed by atoms with Crippen LogP contribution in [0.2, 0.25) is 0 Å². The molecule has 0 spiro atoms. The fraction of sp³-hybridized carbons (Fsp3) is 0.133. The molecular formula is C15H15N3O. The van der Waals surface area contributed by atoms with E-state index in [4.69, 9.17) is 5.73 Å². The van der Waals surface area contributed by atoms with Crippen molar-refractivity contribution in [2.45, 2.75) is 13.5 Å². The quantitative estimate of drug-likeness (QED) is 0.762. The largest absolute Gasteiger partial charge is 0.384 e. The Morgan fingerprint density at radius 2 is 1.84 bits per heavy atom. The Morgan fingerprint density at radius 1 is 1.11 bits per heavy atom. The normalized spacial score (nSPS) is 11.0. The zero-order valence-corrected chi connectivity index (χ0v) is 10.7. The minimum atomic E-state index is -0.101. The molecule has 0 radical (unpaired) electrons. The van der Waals surface area contributed by atoms with Gasteiger partial charge < -0.3 is 5.73 Å². The van der Waals surface area contributed by atoms with E-state index in [-0.39, 0.29) is 5.56 Å². The molecule has 0 aliphatic rings. The number of nitrogens with zero attached hydrogens (tertiary/aromatic N) is 2. The van der Waals surface area contributed by atoms with Gasteiger partial charge in [0.25, 0.3) is 5.56 Å². The number of nitrogens with two attached hydrogens (primary N) is 1. The highest BCUT2D eigenvalue weighted by Gasteiger charge is 2.11. The third kappa shape index (κ3) is 1.73. The molecule has 0 saturated heterocycles. The molecule has 0 bridgehead atoms.